The van der Waals surface area contributed by atoms with Gasteiger partial charge in [-0.25, -0.2) is 0 Å². The molecule has 0 spiro atoms. The van der Waals surface area contributed by atoms with Crippen LogP contribution in [0.2, 0.25) is 0 Å². The molecule has 2 aromatic carbocycles. The van der Waals surface area contributed by atoms with E-state index in [1.165, 1.54) is 5.56 Å². The molecule has 0 radical (unpaired) electrons. The highest BCUT2D eigenvalue weighted by Crippen LogP contribution is 2.16. The minimum atomic E-state index is -0.166. The Kier molecular flexibility index (Phi) is 8.49. The fourth-order valence-corrected chi connectivity index (χ4v) is 2.81. The molecule has 6 nitrogen and oxygen atoms in total. The number of carbonyl (C=O) groups excluding carboxylic acids is 2. The zero-order chi connectivity index (χ0) is 20.4. The molecule has 28 heavy (non-hydrogen) atoms. The number of hydrogen-bond donors (Lipinski definition) is 2. The van der Waals surface area contributed by atoms with Crippen molar-refractivity contribution in [2.75, 3.05) is 38.6 Å². The van der Waals surface area contributed by atoms with Gasteiger partial charge in [0.25, 0.3) is 0 Å². The summed E-state index contributed by atoms with van der Waals surface area (Å²) in [5.74, 6) is 0.660. The Morgan fingerprint density at radius 2 is 1.75 bits per heavy atom. The van der Waals surface area contributed by atoms with Crippen molar-refractivity contribution >= 4 is 17.5 Å². The van der Waals surface area contributed by atoms with Crippen molar-refractivity contribution in [2.24, 2.45) is 0 Å². The Hall–Kier alpha value is -2.86. The van der Waals surface area contributed by atoms with Crippen LogP contribution in [0.3, 0.4) is 0 Å². The topological polar surface area (TPSA) is 70.7 Å². The van der Waals surface area contributed by atoms with Gasteiger partial charge in [-0.15, -0.1) is 0 Å². The van der Waals surface area contributed by atoms with E-state index in [4.69, 9.17) is 4.74 Å². The number of nitrogens with zero attached hydrogens (tertiary/aromatic N) is 1. The number of rotatable bonds is 10. The standard InChI is InChI=1S/C22H29N3O3/c1-4-25(16-22(27)24-19-11-8-12-20(13-19)28-3)15-21(26)23-14-17(2)18-9-6-5-7-10-18/h5-13,17H,4,14-16H2,1-3H3,(H,23,26)(H,24,27)/t17-/m0/s1. The second-order valence-corrected chi connectivity index (χ2v) is 6.70. The van der Waals surface area contributed by atoms with E-state index in [1.807, 2.05) is 37.3 Å². The van der Waals surface area contributed by atoms with Crippen LogP contribution >= 0.6 is 0 Å². The molecule has 2 N–H and O–H groups in total. The summed E-state index contributed by atoms with van der Waals surface area (Å²) >= 11 is 0. The number of ether oxygens (including phenoxy) is 1. The third-order valence-electron chi connectivity index (χ3n) is 4.51. The SMILES string of the molecule is CCN(CC(=O)NC[C@H](C)c1ccccc1)CC(=O)Nc1cccc(OC)c1. The molecule has 1 atom stereocenters. The lowest BCUT2D eigenvalue weighted by Gasteiger charge is -2.20. The van der Waals surface area contributed by atoms with Crippen molar-refractivity contribution in [2.45, 2.75) is 19.8 Å². The highest BCUT2D eigenvalue weighted by Gasteiger charge is 2.14. The number of methoxy groups -OCH3 is 1. The normalized spacial score (nSPS) is 11.7. The van der Waals surface area contributed by atoms with Crippen LogP contribution in [0, 0.1) is 0 Å². The van der Waals surface area contributed by atoms with Crippen molar-refractivity contribution in [3.63, 3.8) is 0 Å². The third kappa shape index (κ3) is 7.04. The van der Waals surface area contributed by atoms with Crippen LogP contribution in [-0.4, -0.2) is 50.0 Å². The lowest BCUT2D eigenvalue weighted by Crippen LogP contribution is -2.41. The fourth-order valence-electron chi connectivity index (χ4n) is 2.81. The van der Waals surface area contributed by atoms with Crippen molar-refractivity contribution in [1.29, 1.82) is 0 Å². The second-order valence-electron chi connectivity index (χ2n) is 6.70. The summed E-state index contributed by atoms with van der Waals surface area (Å²) in [6, 6.07) is 17.3. The highest BCUT2D eigenvalue weighted by molar-refractivity contribution is 5.92. The largest absolute Gasteiger partial charge is 0.497 e. The lowest BCUT2D eigenvalue weighted by atomic mass is 10.0. The number of anilines is 1. The van der Waals surface area contributed by atoms with Gasteiger partial charge < -0.3 is 15.4 Å². The summed E-state index contributed by atoms with van der Waals surface area (Å²) in [6.07, 6.45) is 0. The molecule has 2 amide bonds. The number of nitrogens with one attached hydrogen (secondary N) is 2. The molecular formula is C22H29N3O3. The third-order valence-corrected chi connectivity index (χ3v) is 4.51. The molecule has 0 aliphatic carbocycles. The van der Waals surface area contributed by atoms with Crippen molar-refractivity contribution in [1.82, 2.24) is 10.2 Å². The fraction of sp³-hybridized carbons (Fsp3) is 0.364. The molecule has 0 aliphatic heterocycles. The Morgan fingerprint density at radius 1 is 1.04 bits per heavy atom. The number of hydrogen-bond acceptors (Lipinski definition) is 4. The van der Waals surface area contributed by atoms with Crippen LogP contribution in [-0.2, 0) is 9.59 Å². The van der Waals surface area contributed by atoms with Gasteiger partial charge in [0.15, 0.2) is 0 Å². The first-order chi connectivity index (χ1) is 13.5. The van der Waals surface area contributed by atoms with Gasteiger partial charge >= 0.3 is 0 Å². The van der Waals surface area contributed by atoms with E-state index < -0.39 is 0 Å². The number of likely N-dealkylation sites (N-methyl/N-ethyl adjacent to an activating group) is 1. The van der Waals surface area contributed by atoms with E-state index >= 15 is 0 Å². The summed E-state index contributed by atoms with van der Waals surface area (Å²) in [6.45, 7) is 5.51. The molecular weight excluding hydrogens is 354 g/mol. The van der Waals surface area contributed by atoms with E-state index in [9.17, 15) is 9.59 Å². The van der Waals surface area contributed by atoms with Crippen LogP contribution in [0.5, 0.6) is 5.75 Å². The first-order valence-electron chi connectivity index (χ1n) is 9.49. The monoisotopic (exact) mass is 383 g/mol. The minimum Gasteiger partial charge on any atom is -0.497 e. The molecule has 0 heterocycles. The molecule has 0 saturated heterocycles. The first kappa shape index (κ1) is 21.4. The van der Waals surface area contributed by atoms with E-state index in [2.05, 4.69) is 29.7 Å². The van der Waals surface area contributed by atoms with Crippen LogP contribution in [0.1, 0.15) is 25.3 Å². The molecule has 150 valence electrons. The molecule has 2 rings (SSSR count). The van der Waals surface area contributed by atoms with E-state index in [0.717, 1.165) is 0 Å². The zero-order valence-electron chi connectivity index (χ0n) is 16.8. The van der Waals surface area contributed by atoms with Gasteiger partial charge in [-0.3, -0.25) is 14.5 Å². The molecule has 0 aliphatic rings. The highest BCUT2D eigenvalue weighted by atomic mass is 16.5. The quantitative estimate of drug-likeness (QED) is 0.662. The van der Waals surface area contributed by atoms with Crippen LogP contribution in [0.4, 0.5) is 5.69 Å². The van der Waals surface area contributed by atoms with E-state index in [0.29, 0.717) is 24.5 Å². The number of benzene rings is 2. The summed E-state index contributed by atoms with van der Waals surface area (Å²) in [7, 11) is 1.58. The van der Waals surface area contributed by atoms with Gasteiger partial charge in [0.1, 0.15) is 5.75 Å². The van der Waals surface area contributed by atoms with Crippen LogP contribution in [0.15, 0.2) is 54.6 Å². The molecule has 0 aromatic heterocycles. The summed E-state index contributed by atoms with van der Waals surface area (Å²) < 4.78 is 5.15. The molecule has 0 saturated carbocycles. The Balaban J connectivity index is 1.78. The van der Waals surface area contributed by atoms with Gasteiger partial charge in [0, 0.05) is 18.3 Å². The van der Waals surface area contributed by atoms with Gasteiger partial charge in [-0.05, 0) is 30.2 Å². The second kappa shape index (κ2) is 11.1. The van der Waals surface area contributed by atoms with Crippen LogP contribution < -0.4 is 15.4 Å². The van der Waals surface area contributed by atoms with Gasteiger partial charge in [-0.2, -0.15) is 0 Å². The predicted octanol–water partition coefficient (Wildman–Crippen LogP) is 2.88. The average Bonchev–Trinajstić information content (AvgIpc) is 2.72. The molecule has 0 fully saturated rings. The first-order valence-corrected chi connectivity index (χ1v) is 9.49. The maximum atomic E-state index is 12.3. The summed E-state index contributed by atoms with van der Waals surface area (Å²) in [4.78, 5) is 26.4. The molecule has 6 heteroatoms. The van der Waals surface area contributed by atoms with Crippen molar-refractivity contribution in [3.8, 4) is 5.75 Å². The van der Waals surface area contributed by atoms with Gasteiger partial charge in [0.05, 0.1) is 20.2 Å². The number of amides is 2. The number of carbonyl (C=O) groups is 2. The Labute approximate surface area is 166 Å². The van der Waals surface area contributed by atoms with Gasteiger partial charge in [-0.1, -0.05) is 50.2 Å². The maximum absolute atomic E-state index is 12.3. The van der Waals surface area contributed by atoms with Crippen molar-refractivity contribution in [3.05, 3.63) is 60.2 Å². The summed E-state index contributed by atoms with van der Waals surface area (Å²) in [5.41, 5.74) is 1.86. The summed E-state index contributed by atoms with van der Waals surface area (Å²) in [5, 5.41) is 5.79. The van der Waals surface area contributed by atoms with Crippen LogP contribution in [0.25, 0.3) is 0 Å². The predicted molar refractivity (Wildman–Crippen MR) is 112 cm³/mol. The zero-order valence-corrected chi connectivity index (χ0v) is 16.8. The van der Waals surface area contributed by atoms with E-state index in [1.54, 1.807) is 24.1 Å². The lowest BCUT2D eigenvalue weighted by molar-refractivity contribution is -0.123. The van der Waals surface area contributed by atoms with E-state index in [-0.39, 0.29) is 30.8 Å². The minimum absolute atomic E-state index is 0.0844. The van der Waals surface area contributed by atoms with Gasteiger partial charge in [0.2, 0.25) is 11.8 Å². The smallest absolute Gasteiger partial charge is 0.238 e. The molecule has 0 bridgehead atoms. The Bertz CT molecular complexity index is 765. The molecule has 2 aromatic rings. The Morgan fingerprint density at radius 3 is 2.43 bits per heavy atom. The molecule has 0 unspecified atom stereocenters. The average molecular weight is 383 g/mol. The van der Waals surface area contributed by atoms with Crippen molar-refractivity contribution < 1.29 is 14.3 Å². The maximum Gasteiger partial charge on any atom is 0.238 e.